The van der Waals surface area contributed by atoms with Gasteiger partial charge in [-0.1, -0.05) is 23.4 Å². The van der Waals surface area contributed by atoms with Crippen LogP contribution in [-0.2, 0) is 5.75 Å². The van der Waals surface area contributed by atoms with Gasteiger partial charge in [-0.05, 0) is 42.5 Å². The largest absolute Gasteiger partial charge is 0.497 e. The Kier molecular flexibility index (Phi) is 5.27. The van der Waals surface area contributed by atoms with Gasteiger partial charge in [-0.2, -0.15) is 0 Å². The molecule has 0 saturated carbocycles. The van der Waals surface area contributed by atoms with Crippen molar-refractivity contribution in [2.24, 2.45) is 0 Å². The summed E-state index contributed by atoms with van der Waals surface area (Å²) in [7, 11) is 3.27. The average Bonchev–Trinajstić information content (AvgIpc) is 3.09. The molecular formula is C17H15ClN2O3S. The number of methoxy groups -OCH3 is 2. The molecule has 0 amide bonds. The highest BCUT2D eigenvalue weighted by atomic mass is 35.5. The summed E-state index contributed by atoms with van der Waals surface area (Å²) >= 11 is 7.32. The van der Waals surface area contributed by atoms with Crippen LogP contribution in [0.15, 0.2) is 52.1 Å². The van der Waals surface area contributed by atoms with E-state index in [-0.39, 0.29) is 0 Å². The van der Waals surface area contributed by atoms with Crippen LogP contribution in [-0.4, -0.2) is 24.4 Å². The Labute approximate surface area is 148 Å². The third-order valence-corrected chi connectivity index (χ3v) is 4.46. The predicted octanol–water partition coefficient (Wildman–Crippen LogP) is 4.70. The summed E-state index contributed by atoms with van der Waals surface area (Å²) in [5.41, 5.74) is 1.82. The van der Waals surface area contributed by atoms with Crippen LogP contribution < -0.4 is 9.47 Å². The van der Waals surface area contributed by atoms with E-state index in [1.165, 1.54) is 11.8 Å². The minimum atomic E-state index is 0.465. The summed E-state index contributed by atoms with van der Waals surface area (Å²) in [6.45, 7) is 0. The summed E-state index contributed by atoms with van der Waals surface area (Å²) in [4.78, 5) is 0. The van der Waals surface area contributed by atoms with E-state index in [4.69, 9.17) is 25.5 Å². The van der Waals surface area contributed by atoms with Gasteiger partial charge in [-0.3, -0.25) is 0 Å². The average molecular weight is 363 g/mol. The molecule has 0 saturated heterocycles. The van der Waals surface area contributed by atoms with E-state index in [1.54, 1.807) is 26.4 Å². The molecule has 1 aromatic heterocycles. The smallest absolute Gasteiger partial charge is 0.277 e. The van der Waals surface area contributed by atoms with Crippen molar-refractivity contribution in [1.29, 1.82) is 0 Å². The molecule has 124 valence electrons. The van der Waals surface area contributed by atoms with Crippen LogP contribution in [0.1, 0.15) is 5.56 Å². The quantitative estimate of drug-likeness (QED) is 0.592. The summed E-state index contributed by atoms with van der Waals surface area (Å²) < 4.78 is 16.3. The summed E-state index contributed by atoms with van der Waals surface area (Å²) in [6.07, 6.45) is 0. The van der Waals surface area contributed by atoms with E-state index < -0.39 is 0 Å². The third-order valence-electron chi connectivity index (χ3n) is 3.34. The van der Waals surface area contributed by atoms with Gasteiger partial charge in [0.15, 0.2) is 0 Å². The van der Waals surface area contributed by atoms with E-state index in [0.29, 0.717) is 21.9 Å². The molecule has 7 heteroatoms. The molecule has 0 aliphatic rings. The number of aromatic nitrogens is 2. The van der Waals surface area contributed by atoms with Crippen molar-refractivity contribution in [3.63, 3.8) is 0 Å². The molecule has 24 heavy (non-hydrogen) atoms. The van der Waals surface area contributed by atoms with Crippen molar-refractivity contribution in [3.05, 3.63) is 53.1 Å². The third kappa shape index (κ3) is 3.83. The second-order valence-corrected chi connectivity index (χ2v) is 6.21. The van der Waals surface area contributed by atoms with Crippen molar-refractivity contribution < 1.29 is 13.9 Å². The molecule has 0 N–H and O–H groups in total. The summed E-state index contributed by atoms with van der Waals surface area (Å²) in [5, 5.41) is 9.29. The zero-order valence-electron chi connectivity index (χ0n) is 13.2. The molecule has 2 aromatic carbocycles. The lowest BCUT2D eigenvalue weighted by Crippen LogP contribution is -1.92. The Balaban J connectivity index is 1.73. The molecule has 0 radical (unpaired) electrons. The number of rotatable bonds is 6. The van der Waals surface area contributed by atoms with E-state index >= 15 is 0 Å². The molecule has 3 rings (SSSR count). The van der Waals surface area contributed by atoms with Crippen molar-refractivity contribution in [1.82, 2.24) is 10.2 Å². The van der Waals surface area contributed by atoms with Crippen molar-refractivity contribution >= 4 is 23.4 Å². The van der Waals surface area contributed by atoms with Gasteiger partial charge in [-0.15, -0.1) is 10.2 Å². The lowest BCUT2D eigenvalue weighted by atomic mass is 10.2. The van der Waals surface area contributed by atoms with Gasteiger partial charge in [0.1, 0.15) is 11.5 Å². The number of ether oxygens (including phenoxy) is 2. The Morgan fingerprint density at radius 3 is 2.54 bits per heavy atom. The summed E-state index contributed by atoms with van der Waals surface area (Å²) in [5.74, 6) is 2.66. The van der Waals surface area contributed by atoms with Crippen LogP contribution >= 0.6 is 23.4 Å². The Morgan fingerprint density at radius 1 is 1.04 bits per heavy atom. The van der Waals surface area contributed by atoms with Gasteiger partial charge in [0, 0.05) is 21.9 Å². The maximum Gasteiger partial charge on any atom is 0.277 e. The van der Waals surface area contributed by atoms with Gasteiger partial charge in [-0.25, -0.2) is 0 Å². The van der Waals surface area contributed by atoms with Crippen LogP contribution in [0.25, 0.3) is 11.5 Å². The highest BCUT2D eigenvalue weighted by Gasteiger charge is 2.11. The molecule has 3 aromatic rings. The fraction of sp³-hybridized carbons (Fsp3) is 0.176. The lowest BCUT2D eigenvalue weighted by molar-refractivity contribution is 0.400. The zero-order valence-corrected chi connectivity index (χ0v) is 14.7. The van der Waals surface area contributed by atoms with Gasteiger partial charge < -0.3 is 13.9 Å². The van der Waals surface area contributed by atoms with Crippen molar-refractivity contribution in [3.8, 4) is 23.0 Å². The van der Waals surface area contributed by atoms with Crippen molar-refractivity contribution in [2.75, 3.05) is 14.2 Å². The molecule has 0 fully saturated rings. The number of hydrogen-bond acceptors (Lipinski definition) is 6. The zero-order chi connectivity index (χ0) is 16.9. The summed E-state index contributed by atoms with van der Waals surface area (Å²) in [6, 6.07) is 12.9. The SMILES string of the molecule is COc1ccc(OC)c(CSc2nnc(-c3ccc(Cl)cc3)o2)c1. The monoisotopic (exact) mass is 362 g/mol. The fourth-order valence-electron chi connectivity index (χ4n) is 2.11. The van der Waals surface area contributed by atoms with Gasteiger partial charge in [0.25, 0.3) is 5.22 Å². The molecule has 1 heterocycles. The molecule has 5 nitrogen and oxygen atoms in total. The molecule has 0 spiro atoms. The van der Waals surface area contributed by atoms with Crippen LogP contribution in [0.2, 0.25) is 5.02 Å². The molecule has 0 bridgehead atoms. The van der Waals surface area contributed by atoms with E-state index in [0.717, 1.165) is 22.6 Å². The molecule has 0 aliphatic carbocycles. The second kappa shape index (κ2) is 7.59. The number of halogens is 1. The van der Waals surface area contributed by atoms with E-state index in [2.05, 4.69) is 10.2 Å². The van der Waals surface area contributed by atoms with Crippen molar-refractivity contribution in [2.45, 2.75) is 11.0 Å². The van der Waals surface area contributed by atoms with Gasteiger partial charge >= 0.3 is 0 Å². The van der Waals surface area contributed by atoms with E-state index in [9.17, 15) is 0 Å². The van der Waals surface area contributed by atoms with Crippen LogP contribution in [0, 0.1) is 0 Å². The Hall–Kier alpha value is -2.18. The first-order valence-electron chi connectivity index (χ1n) is 7.12. The van der Waals surface area contributed by atoms with Crippen LogP contribution in [0.3, 0.4) is 0 Å². The number of benzene rings is 2. The first kappa shape index (κ1) is 16.7. The molecular weight excluding hydrogens is 348 g/mol. The fourth-order valence-corrected chi connectivity index (χ4v) is 2.98. The van der Waals surface area contributed by atoms with E-state index in [1.807, 2.05) is 30.3 Å². The number of thioether (sulfide) groups is 1. The van der Waals surface area contributed by atoms with Crippen LogP contribution in [0.5, 0.6) is 11.5 Å². The second-order valence-electron chi connectivity index (χ2n) is 4.85. The highest BCUT2D eigenvalue weighted by Crippen LogP contribution is 2.31. The lowest BCUT2D eigenvalue weighted by Gasteiger charge is -2.09. The highest BCUT2D eigenvalue weighted by molar-refractivity contribution is 7.98. The first-order chi connectivity index (χ1) is 11.7. The molecule has 0 atom stereocenters. The maximum atomic E-state index is 5.88. The normalized spacial score (nSPS) is 10.6. The van der Waals surface area contributed by atoms with Gasteiger partial charge in [0.05, 0.1) is 14.2 Å². The topological polar surface area (TPSA) is 57.4 Å². The molecule has 0 aliphatic heterocycles. The van der Waals surface area contributed by atoms with Gasteiger partial charge in [0.2, 0.25) is 5.89 Å². The Morgan fingerprint density at radius 2 is 1.83 bits per heavy atom. The molecule has 0 unspecified atom stereocenters. The van der Waals surface area contributed by atoms with Crippen LogP contribution in [0.4, 0.5) is 0 Å². The standard InChI is InChI=1S/C17H15ClN2O3S/c1-21-14-7-8-15(22-2)12(9-14)10-24-17-20-19-16(23-17)11-3-5-13(18)6-4-11/h3-9H,10H2,1-2H3. The minimum absolute atomic E-state index is 0.465. The number of nitrogens with zero attached hydrogens (tertiary/aromatic N) is 2. The first-order valence-corrected chi connectivity index (χ1v) is 8.49. The minimum Gasteiger partial charge on any atom is -0.497 e. The predicted molar refractivity (Wildman–Crippen MR) is 93.9 cm³/mol. The number of hydrogen-bond donors (Lipinski definition) is 0. The Bertz CT molecular complexity index is 821. The maximum absolute atomic E-state index is 5.88.